The van der Waals surface area contributed by atoms with Crippen LogP contribution in [0.4, 0.5) is 11.6 Å². The Balaban J connectivity index is 2.19. The number of aliphatic hydroxyl groups excluding tert-OH is 1. The smallest absolute Gasteiger partial charge is 0.134 e. The highest BCUT2D eigenvalue weighted by molar-refractivity contribution is 5.57. The van der Waals surface area contributed by atoms with E-state index in [4.69, 9.17) is 0 Å². The first kappa shape index (κ1) is 14.1. The number of nitrogens with zero attached hydrogens (tertiary/aromatic N) is 2. The molecule has 1 aliphatic carbocycles. The highest BCUT2D eigenvalue weighted by Gasteiger charge is 2.27. The zero-order valence-electron chi connectivity index (χ0n) is 11.8. The fourth-order valence-corrected chi connectivity index (χ4v) is 2.86. The Morgan fingerprint density at radius 2 is 2.11 bits per heavy atom. The first-order valence-corrected chi connectivity index (χ1v) is 7.19. The van der Waals surface area contributed by atoms with Crippen LogP contribution in [0, 0.1) is 5.92 Å². The molecule has 0 aliphatic heterocycles. The Morgan fingerprint density at radius 1 is 1.32 bits per heavy atom. The lowest BCUT2D eigenvalue weighted by Crippen LogP contribution is -2.27. The minimum atomic E-state index is 0.255. The van der Waals surface area contributed by atoms with Crippen molar-refractivity contribution in [2.75, 3.05) is 24.3 Å². The van der Waals surface area contributed by atoms with E-state index in [2.05, 4.69) is 27.5 Å². The lowest BCUT2D eigenvalue weighted by Gasteiger charge is -2.22. The molecule has 106 valence electrons. The van der Waals surface area contributed by atoms with E-state index in [-0.39, 0.29) is 6.61 Å². The topological polar surface area (TPSA) is 70.1 Å². The molecule has 19 heavy (non-hydrogen) atoms. The monoisotopic (exact) mass is 264 g/mol. The van der Waals surface area contributed by atoms with Crippen molar-refractivity contribution in [3.63, 3.8) is 0 Å². The SMILES string of the molecule is CCCc1c(NC)ncnc1NC1CCCC1CO. The predicted octanol–water partition coefficient (Wildman–Crippen LogP) is 2.04. The van der Waals surface area contributed by atoms with Crippen LogP contribution in [0.5, 0.6) is 0 Å². The third-order valence-corrected chi connectivity index (χ3v) is 3.90. The molecule has 3 N–H and O–H groups in total. The van der Waals surface area contributed by atoms with E-state index in [1.54, 1.807) is 6.33 Å². The fraction of sp³-hybridized carbons (Fsp3) is 0.714. The lowest BCUT2D eigenvalue weighted by molar-refractivity contribution is 0.222. The number of anilines is 2. The van der Waals surface area contributed by atoms with Gasteiger partial charge in [-0.15, -0.1) is 0 Å². The lowest BCUT2D eigenvalue weighted by atomic mass is 10.0. The molecule has 0 saturated heterocycles. The zero-order valence-corrected chi connectivity index (χ0v) is 11.8. The highest BCUT2D eigenvalue weighted by atomic mass is 16.3. The molecule has 1 aromatic rings. The number of aliphatic hydroxyl groups is 1. The van der Waals surface area contributed by atoms with E-state index in [1.807, 2.05) is 7.05 Å². The Morgan fingerprint density at radius 3 is 2.79 bits per heavy atom. The minimum absolute atomic E-state index is 0.255. The van der Waals surface area contributed by atoms with Crippen molar-refractivity contribution in [2.45, 2.75) is 45.1 Å². The maximum atomic E-state index is 9.40. The number of aromatic nitrogens is 2. The molecule has 2 rings (SSSR count). The fourth-order valence-electron chi connectivity index (χ4n) is 2.86. The van der Waals surface area contributed by atoms with Gasteiger partial charge in [0.25, 0.3) is 0 Å². The predicted molar refractivity (Wildman–Crippen MR) is 77.4 cm³/mol. The van der Waals surface area contributed by atoms with E-state index in [0.29, 0.717) is 12.0 Å². The molecule has 0 amide bonds. The number of rotatable bonds is 6. The largest absolute Gasteiger partial charge is 0.396 e. The van der Waals surface area contributed by atoms with E-state index >= 15 is 0 Å². The second-order valence-corrected chi connectivity index (χ2v) is 5.17. The highest BCUT2D eigenvalue weighted by Crippen LogP contribution is 2.30. The average molecular weight is 264 g/mol. The van der Waals surface area contributed by atoms with Gasteiger partial charge < -0.3 is 15.7 Å². The molecule has 0 radical (unpaired) electrons. The standard InChI is InChI=1S/C14H24N4O/c1-3-5-11-13(15-2)16-9-17-14(11)18-12-7-4-6-10(12)8-19/h9-10,12,19H,3-8H2,1-2H3,(H2,15,16,17,18). The Labute approximate surface area is 114 Å². The molecule has 1 saturated carbocycles. The summed E-state index contributed by atoms with van der Waals surface area (Å²) in [5.74, 6) is 2.17. The van der Waals surface area contributed by atoms with Crippen molar-refractivity contribution < 1.29 is 5.11 Å². The number of nitrogens with one attached hydrogen (secondary N) is 2. The van der Waals surface area contributed by atoms with Crippen molar-refractivity contribution in [3.05, 3.63) is 11.9 Å². The molecule has 1 heterocycles. The van der Waals surface area contributed by atoms with Crippen LogP contribution in [-0.2, 0) is 6.42 Å². The van der Waals surface area contributed by atoms with Crippen LogP contribution in [0.15, 0.2) is 6.33 Å². The van der Waals surface area contributed by atoms with Crippen LogP contribution in [0.25, 0.3) is 0 Å². The average Bonchev–Trinajstić information content (AvgIpc) is 2.88. The summed E-state index contributed by atoms with van der Waals surface area (Å²) in [6.07, 6.45) is 6.99. The second-order valence-electron chi connectivity index (χ2n) is 5.17. The first-order chi connectivity index (χ1) is 9.30. The third-order valence-electron chi connectivity index (χ3n) is 3.90. The van der Waals surface area contributed by atoms with E-state index in [9.17, 15) is 5.11 Å². The molecular formula is C14H24N4O. The van der Waals surface area contributed by atoms with Gasteiger partial charge >= 0.3 is 0 Å². The molecule has 1 aliphatic rings. The Hall–Kier alpha value is -1.36. The summed E-state index contributed by atoms with van der Waals surface area (Å²) in [4.78, 5) is 8.67. The maximum Gasteiger partial charge on any atom is 0.134 e. The molecule has 0 aromatic carbocycles. The Bertz CT molecular complexity index is 410. The van der Waals surface area contributed by atoms with Crippen LogP contribution in [0.1, 0.15) is 38.2 Å². The summed E-state index contributed by atoms with van der Waals surface area (Å²) in [5, 5.41) is 16.1. The molecule has 1 fully saturated rings. The molecule has 0 spiro atoms. The summed E-state index contributed by atoms with van der Waals surface area (Å²) in [6, 6.07) is 0.334. The minimum Gasteiger partial charge on any atom is -0.396 e. The summed E-state index contributed by atoms with van der Waals surface area (Å²) < 4.78 is 0. The molecular weight excluding hydrogens is 240 g/mol. The van der Waals surface area contributed by atoms with Gasteiger partial charge in [-0.1, -0.05) is 19.8 Å². The molecule has 5 nitrogen and oxygen atoms in total. The van der Waals surface area contributed by atoms with Crippen molar-refractivity contribution in [2.24, 2.45) is 5.92 Å². The van der Waals surface area contributed by atoms with Crippen LogP contribution in [-0.4, -0.2) is 34.8 Å². The number of hydrogen-bond acceptors (Lipinski definition) is 5. The second kappa shape index (κ2) is 6.70. The van der Waals surface area contributed by atoms with Crippen LogP contribution in [0.2, 0.25) is 0 Å². The quantitative estimate of drug-likeness (QED) is 0.733. The molecule has 1 aromatic heterocycles. The van der Waals surface area contributed by atoms with Gasteiger partial charge in [0.1, 0.15) is 18.0 Å². The Kier molecular flexibility index (Phi) is 4.96. The van der Waals surface area contributed by atoms with Crippen molar-refractivity contribution in [3.8, 4) is 0 Å². The van der Waals surface area contributed by atoms with Gasteiger partial charge in [-0.25, -0.2) is 9.97 Å². The third kappa shape index (κ3) is 3.15. The maximum absolute atomic E-state index is 9.40. The van der Waals surface area contributed by atoms with Gasteiger partial charge in [-0.3, -0.25) is 0 Å². The molecule has 0 bridgehead atoms. The summed E-state index contributed by atoms with van der Waals surface area (Å²) in [6.45, 7) is 2.41. The molecule has 2 unspecified atom stereocenters. The van der Waals surface area contributed by atoms with Gasteiger partial charge in [0.05, 0.1) is 0 Å². The van der Waals surface area contributed by atoms with Gasteiger partial charge in [0.2, 0.25) is 0 Å². The van der Waals surface area contributed by atoms with E-state index < -0.39 is 0 Å². The van der Waals surface area contributed by atoms with Crippen LogP contribution in [0.3, 0.4) is 0 Å². The van der Waals surface area contributed by atoms with Crippen molar-refractivity contribution in [1.82, 2.24) is 9.97 Å². The summed E-state index contributed by atoms with van der Waals surface area (Å²) in [5.41, 5.74) is 1.15. The zero-order chi connectivity index (χ0) is 13.7. The number of hydrogen-bond donors (Lipinski definition) is 3. The van der Waals surface area contributed by atoms with Crippen molar-refractivity contribution >= 4 is 11.6 Å². The van der Waals surface area contributed by atoms with Crippen molar-refractivity contribution in [1.29, 1.82) is 0 Å². The molecule has 2 atom stereocenters. The van der Waals surface area contributed by atoms with E-state index in [1.165, 1.54) is 6.42 Å². The van der Waals surface area contributed by atoms with Crippen LogP contribution < -0.4 is 10.6 Å². The summed E-state index contributed by atoms with van der Waals surface area (Å²) >= 11 is 0. The van der Waals surface area contributed by atoms with Gasteiger partial charge in [0, 0.05) is 31.2 Å². The van der Waals surface area contributed by atoms with Gasteiger partial charge in [-0.05, 0) is 19.3 Å². The first-order valence-electron chi connectivity index (χ1n) is 7.19. The van der Waals surface area contributed by atoms with Gasteiger partial charge in [-0.2, -0.15) is 0 Å². The van der Waals surface area contributed by atoms with Gasteiger partial charge in [0.15, 0.2) is 0 Å². The van der Waals surface area contributed by atoms with Crippen LogP contribution >= 0.6 is 0 Å². The summed E-state index contributed by atoms with van der Waals surface area (Å²) in [7, 11) is 1.89. The van der Waals surface area contributed by atoms with E-state index in [0.717, 1.165) is 42.9 Å². The molecule has 5 heteroatoms. The normalized spacial score (nSPS) is 22.5.